The monoisotopic (exact) mass is 440 g/mol. The molecule has 4 heteroatoms. The van der Waals surface area contributed by atoms with Crippen molar-refractivity contribution in [2.45, 2.75) is 13.8 Å². The Morgan fingerprint density at radius 1 is 0.955 bits per heavy atom. The van der Waals surface area contributed by atoms with Crippen LogP contribution in [0.25, 0.3) is 0 Å². The molecule has 0 fully saturated rings. The second-order valence-corrected chi connectivity index (χ2v) is 4.66. The first-order chi connectivity index (χ1) is 9.75. The fraction of sp³-hybridized carbons (Fsp3) is 0.222. The maximum Gasteiger partial charge on any atom is 0.0468 e. The SMILES string of the molecule is Cc1c[c-]c(C=NCCN=Cc2[c-]cccc2C)cc1.[Y].[Y]. The summed E-state index contributed by atoms with van der Waals surface area (Å²) in [6.45, 7) is 5.48. The normalized spacial score (nSPS) is 10.5. The van der Waals surface area contributed by atoms with Crippen LogP contribution in [0.3, 0.4) is 0 Å². The predicted octanol–water partition coefficient (Wildman–Crippen LogP) is 3.44. The van der Waals surface area contributed by atoms with E-state index in [9.17, 15) is 0 Å². The summed E-state index contributed by atoms with van der Waals surface area (Å²) < 4.78 is 0. The van der Waals surface area contributed by atoms with Gasteiger partial charge in [-0.1, -0.05) is 26.3 Å². The van der Waals surface area contributed by atoms with E-state index in [4.69, 9.17) is 0 Å². The van der Waals surface area contributed by atoms with Gasteiger partial charge in [-0.2, -0.15) is 0 Å². The molecule has 2 rings (SSSR count). The molecule has 0 unspecified atom stereocenters. The molecule has 0 atom stereocenters. The molecule has 2 aromatic carbocycles. The van der Waals surface area contributed by atoms with Gasteiger partial charge in [-0.15, -0.1) is 70.8 Å². The van der Waals surface area contributed by atoms with Crippen LogP contribution in [0.5, 0.6) is 0 Å². The Morgan fingerprint density at radius 2 is 1.68 bits per heavy atom. The number of rotatable bonds is 5. The Balaban J connectivity index is 0.00000220. The van der Waals surface area contributed by atoms with E-state index in [-0.39, 0.29) is 65.4 Å². The number of hydrogen-bond acceptors (Lipinski definition) is 2. The van der Waals surface area contributed by atoms with Crippen molar-refractivity contribution < 1.29 is 65.4 Å². The zero-order chi connectivity index (χ0) is 14.2. The van der Waals surface area contributed by atoms with Gasteiger partial charge in [0.05, 0.1) is 0 Å². The molecule has 0 aliphatic rings. The van der Waals surface area contributed by atoms with Gasteiger partial charge in [-0.3, -0.25) is 0 Å². The molecule has 0 saturated heterocycles. The molecule has 2 radical (unpaired) electrons. The Labute approximate surface area is 183 Å². The quantitative estimate of drug-likeness (QED) is 0.387. The van der Waals surface area contributed by atoms with Crippen molar-refractivity contribution in [2.24, 2.45) is 9.98 Å². The topological polar surface area (TPSA) is 24.7 Å². The van der Waals surface area contributed by atoms with Crippen molar-refractivity contribution in [2.75, 3.05) is 13.1 Å². The summed E-state index contributed by atoms with van der Waals surface area (Å²) in [7, 11) is 0. The minimum atomic E-state index is 0. The first-order valence-corrected chi connectivity index (χ1v) is 6.71. The van der Waals surface area contributed by atoms with Crippen LogP contribution in [0.2, 0.25) is 0 Å². The van der Waals surface area contributed by atoms with Crippen LogP contribution in [-0.2, 0) is 65.4 Å². The third-order valence-corrected chi connectivity index (χ3v) is 2.91. The number of benzene rings is 2. The van der Waals surface area contributed by atoms with Gasteiger partial charge in [-0.25, -0.2) is 0 Å². The van der Waals surface area contributed by atoms with E-state index in [1.165, 1.54) is 11.1 Å². The Hall–Kier alpha value is -0.0122. The summed E-state index contributed by atoms with van der Waals surface area (Å²) in [5.41, 5.74) is 4.45. The third-order valence-electron chi connectivity index (χ3n) is 2.91. The molecule has 0 spiro atoms. The molecule has 2 aromatic rings. The number of nitrogens with zero attached hydrogens (tertiary/aromatic N) is 2. The maximum absolute atomic E-state index is 4.37. The number of aryl methyl sites for hydroxylation is 2. The molecule has 0 amide bonds. The van der Waals surface area contributed by atoms with Crippen molar-refractivity contribution in [1.29, 1.82) is 0 Å². The summed E-state index contributed by atoms with van der Waals surface area (Å²) in [5, 5.41) is 0. The molecule has 0 N–H and O–H groups in total. The van der Waals surface area contributed by atoms with Gasteiger partial charge in [-0.05, 0) is 0 Å². The summed E-state index contributed by atoms with van der Waals surface area (Å²) in [5.74, 6) is 0. The molecule has 108 valence electrons. The molecule has 0 aliphatic heterocycles. The fourth-order valence-corrected chi connectivity index (χ4v) is 1.70. The largest absolute Gasteiger partial charge is 0.339 e. The van der Waals surface area contributed by atoms with E-state index in [1.54, 1.807) is 0 Å². The van der Waals surface area contributed by atoms with Crippen LogP contribution in [0.4, 0.5) is 0 Å². The Kier molecular flexibility index (Phi) is 12.4. The van der Waals surface area contributed by atoms with E-state index in [1.807, 2.05) is 36.7 Å². The Bertz CT molecular complexity index is 605. The van der Waals surface area contributed by atoms with E-state index < -0.39 is 0 Å². The van der Waals surface area contributed by atoms with Crippen LogP contribution in [0.1, 0.15) is 22.3 Å². The van der Waals surface area contributed by atoms with Crippen molar-refractivity contribution in [1.82, 2.24) is 0 Å². The second-order valence-electron chi connectivity index (χ2n) is 4.66. The van der Waals surface area contributed by atoms with Gasteiger partial charge in [0.15, 0.2) is 0 Å². The van der Waals surface area contributed by atoms with E-state index in [2.05, 4.69) is 48.1 Å². The maximum atomic E-state index is 4.37. The van der Waals surface area contributed by atoms with Crippen molar-refractivity contribution in [3.05, 3.63) is 70.8 Å². The van der Waals surface area contributed by atoms with Gasteiger partial charge in [0, 0.05) is 78.5 Å². The fourth-order valence-electron chi connectivity index (χ4n) is 1.70. The average Bonchev–Trinajstić information content (AvgIpc) is 2.46. The minimum Gasteiger partial charge on any atom is -0.339 e. The van der Waals surface area contributed by atoms with Gasteiger partial charge >= 0.3 is 0 Å². The van der Waals surface area contributed by atoms with Crippen LogP contribution >= 0.6 is 0 Å². The molecule has 2 nitrogen and oxygen atoms in total. The summed E-state index contributed by atoms with van der Waals surface area (Å²) in [6.07, 6.45) is 3.71. The summed E-state index contributed by atoms with van der Waals surface area (Å²) >= 11 is 0. The van der Waals surface area contributed by atoms with E-state index in [0.29, 0.717) is 13.1 Å². The third kappa shape index (κ3) is 8.01. The number of hydrogen-bond donors (Lipinski definition) is 0. The molecule has 0 bridgehead atoms. The molecule has 22 heavy (non-hydrogen) atoms. The van der Waals surface area contributed by atoms with Gasteiger partial charge in [0.25, 0.3) is 0 Å². The predicted molar refractivity (Wildman–Crippen MR) is 85.0 cm³/mol. The summed E-state index contributed by atoms with van der Waals surface area (Å²) in [4.78, 5) is 8.71. The molecule has 0 saturated carbocycles. The first-order valence-electron chi connectivity index (χ1n) is 6.71. The van der Waals surface area contributed by atoms with Gasteiger partial charge in [0.2, 0.25) is 0 Å². The van der Waals surface area contributed by atoms with Crippen LogP contribution in [0, 0.1) is 26.0 Å². The zero-order valence-corrected chi connectivity index (χ0v) is 18.8. The molecular weight excluding hydrogens is 422 g/mol. The minimum absolute atomic E-state index is 0. The van der Waals surface area contributed by atoms with Crippen LogP contribution < -0.4 is 0 Å². The van der Waals surface area contributed by atoms with Gasteiger partial charge < -0.3 is 9.98 Å². The molecular formula is C18H18N2Y2-2. The van der Waals surface area contributed by atoms with Crippen molar-refractivity contribution >= 4 is 12.4 Å². The molecule has 0 aliphatic carbocycles. The smallest absolute Gasteiger partial charge is 0.0468 e. The zero-order valence-electron chi connectivity index (χ0n) is 13.1. The van der Waals surface area contributed by atoms with E-state index in [0.717, 1.165) is 11.1 Å². The van der Waals surface area contributed by atoms with Crippen molar-refractivity contribution in [3.8, 4) is 0 Å². The standard InChI is InChI=1S/C18H18N2.2Y/c1-15-7-9-17(10-8-15)13-19-11-12-20-14-18-6-4-3-5-16(18)2;;/h3-5,7-9,13-14H,11-12H2,1-2H3;;/q-2;;. The average molecular weight is 440 g/mol. The number of aliphatic imine (C=N–C) groups is 2. The second kappa shape index (κ2) is 12.4. The molecule has 0 aromatic heterocycles. The van der Waals surface area contributed by atoms with Gasteiger partial charge in [0.1, 0.15) is 0 Å². The van der Waals surface area contributed by atoms with E-state index >= 15 is 0 Å². The van der Waals surface area contributed by atoms with Crippen molar-refractivity contribution in [3.63, 3.8) is 0 Å². The van der Waals surface area contributed by atoms with Crippen LogP contribution in [0.15, 0.2) is 46.4 Å². The molecule has 0 heterocycles. The summed E-state index contributed by atoms with van der Waals surface area (Å²) in [6, 6.07) is 18.3. The first kappa shape index (κ1) is 22.0. The van der Waals surface area contributed by atoms with Crippen LogP contribution in [-0.4, -0.2) is 25.5 Å². The Morgan fingerprint density at radius 3 is 2.32 bits per heavy atom.